The van der Waals surface area contributed by atoms with Gasteiger partial charge in [-0.25, -0.2) is 4.68 Å². The van der Waals surface area contributed by atoms with Crippen LogP contribution in [0, 0.1) is 6.92 Å². The number of aromatic nitrogens is 4. The van der Waals surface area contributed by atoms with E-state index >= 15 is 0 Å². The van der Waals surface area contributed by atoms with E-state index in [0.29, 0.717) is 11.0 Å². The van der Waals surface area contributed by atoms with Crippen LogP contribution < -0.4 is 5.84 Å². The Kier molecular flexibility index (Phi) is 3.42. The average molecular weight is 287 g/mol. The highest BCUT2D eigenvalue weighted by Gasteiger charge is 2.15. The molecule has 0 aliphatic carbocycles. The van der Waals surface area contributed by atoms with Crippen molar-refractivity contribution in [1.82, 2.24) is 19.9 Å². The summed E-state index contributed by atoms with van der Waals surface area (Å²) in [6.45, 7) is 1.87. The molecule has 7 heteroatoms. The first-order valence-electron chi connectivity index (χ1n) is 6.02. The van der Waals surface area contributed by atoms with Gasteiger partial charge in [-0.1, -0.05) is 17.8 Å². The Morgan fingerprint density at radius 1 is 1.35 bits per heavy atom. The van der Waals surface area contributed by atoms with Crippen molar-refractivity contribution in [2.24, 2.45) is 0 Å². The number of rotatable bonds is 4. The summed E-state index contributed by atoms with van der Waals surface area (Å²) in [4.78, 5) is 4.08. The van der Waals surface area contributed by atoms with Crippen LogP contribution in [0.3, 0.4) is 0 Å². The molecule has 20 heavy (non-hydrogen) atoms. The second-order valence-electron chi connectivity index (χ2n) is 4.22. The summed E-state index contributed by atoms with van der Waals surface area (Å²) in [6.07, 6.45) is 5.19. The van der Waals surface area contributed by atoms with Gasteiger partial charge in [0.25, 0.3) is 0 Å². The smallest absolute Gasteiger partial charge is 0.210 e. The zero-order chi connectivity index (χ0) is 13.9. The summed E-state index contributed by atoms with van der Waals surface area (Å²) in [5.74, 6) is 8.16. The van der Waals surface area contributed by atoms with E-state index in [4.69, 9.17) is 10.3 Å². The average Bonchev–Trinajstić information content (AvgIpc) is 3.04. The SMILES string of the molecule is Cc1occc1-c1nnc(SCc2cccnc2)n1N. The van der Waals surface area contributed by atoms with Crippen molar-refractivity contribution in [3.8, 4) is 11.4 Å². The first kappa shape index (κ1) is 12.7. The number of aryl methyl sites for hydroxylation is 1. The molecular weight excluding hydrogens is 274 g/mol. The molecule has 0 aromatic carbocycles. The number of hydrogen-bond acceptors (Lipinski definition) is 6. The molecule has 0 fully saturated rings. The summed E-state index contributed by atoms with van der Waals surface area (Å²) >= 11 is 1.52. The Hall–Kier alpha value is -2.28. The summed E-state index contributed by atoms with van der Waals surface area (Å²) in [6, 6.07) is 5.75. The zero-order valence-corrected chi connectivity index (χ0v) is 11.7. The van der Waals surface area contributed by atoms with Gasteiger partial charge in [-0.2, -0.15) is 0 Å². The van der Waals surface area contributed by atoms with Gasteiger partial charge in [-0.3, -0.25) is 4.98 Å². The minimum Gasteiger partial charge on any atom is -0.469 e. The molecule has 0 saturated carbocycles. The highest BCUT2D eigenvalue weighted by atomic mass is 32.2. The molecule has 0 saturated heterocycles. The molecule has 0 bridgehead atoms. The Bertz CT molecular complexity index is 707. The number of nitrogens with zero attached hydrogens (tertiary/aromatic N) is 4. The topological polar surface area (TPSA) is 82.8 Å². The maximum Gasteiger partial charge on any atom is 0.210 e. The van der Waals surface area contributed by atoms with Crippen molar-refractivity contribution in [1.29, 1.82) is 0 Å². The maximum absolute atomic E-state index is 6.04. The van der Waals surface area contributed by atoms with Gasteiger partial charge in [-0.05, 0) is 24.6 Å². The van der Waals surface area contributed by atoms with Gasteiger partial charge in [0.1, 0.15) is 5.76 Å². The van der Waals surface area contributed by atoms with Gasteiger partial charge < -0.3 is 10.3 Å². The Labute approximate surface area is 120 Å². The molecule has 0 aliphatic rings. The van der Waals surface area contributed by atoms with Crippen LogP contribution in [0.4, 0.5) is 0 Å². The lowest BCUT2D eigenvalue weighted by atomic mass is 10.2. The molecule has 0 atom stereocenters. The Morgan fingerprint density at radius 2 is 2.25 bits per heavy atom. The predicted molar refractivity (Wildman–Crippen MR) is 76.4 cm³/mol. The molecule has 0 radical (unpaired) electrons. The predicted octanol–water partition coefficient (Wildman–Crippen LogP) is 2.25. The monoisotopic (exact) mass is 287 g/mol. The lowest BCUT2D eigenvalue weighted by Gasteiger charge is -2.02. The standard InChI is InChI=1S/C13H13N5OS/c1-9-11(4-6-19-9)12-16-17-13(18(12)14)20-8-10-3-2-5-15-7-10/h2-7H,8,14H2,1H3. The van der Waals surface area contributed by atoms with E-state index in [1.54, 1.807) is 12.5 Å². The van der Waals surface area contributed by atoms with E-state index in [-0.39, 0.29) is 0 Å². The summed E-state index contributed by atoms with van der Waals surface area (Å²) < 4.78 is 6.75. The molecule has 3 aromatic heterocycles. The summed E-state index contributed by atoms with van der Waals surface area (Å²) in [5, 5.41) is 8.90. The van der Waals surface area contributed by atoms with Crippen LogP contribution >= 0.6 is 11.8 Å². The molecule has 3 aromatic rings. The summed E-state index contributed by atoms with van der Waals surface area (Å²) in [5.41, 5.74) is 1.97. The lowest BCUT2D eigenvalue weighted by molar-refractivity contribution is 0.535. The zero-order valence-electron chi connectivity index (χ0n) is 10.9. The third-order valence-corrected chi connectivity index (χ3v) is 3.87. The molecule has 102 valence electrons. The van der Waals surface area contributed by atoms with Crippen molar-refractivity contribution >= 4 is 11.8 Å². The van der Waals surface area contributed by atoms with Gasteiger partial charge in [0.05, 0.1) is 11.8 Å². The number of thioether (sulfide) groups is 1. The van der Waals surface area contributed by atoms with Crippen LogP contribution in [0.15, 0.2) is 46.4 Å². The third kappa shape index (κ3) is 2.39. The highest BCUT2D eigenvalue weighted by Crippen LogP contribution is 2.26. The molecule has 0 amide bonds. The molecule has 0 aliphatic heterocycles. The largest absolute Gasteiger partial charge is 0.469 e. The fourth-order valence-electron chi connectivity index (χ4n) is 1.81. The van der Waals surface area contributed by atoms with E-state index in [2.05, 4.69) is 15.2 Å². The Balaban J connectivity index is 1.79. The molecule has 2 N–H and O–H groups in total. The normalized spacial score (nSPS) is 10.8. The Morgan fingerprint density at radius 3 is 2.95 bits per heavy atom. The third-order valence-electron chi connectivity index (χ3n) is 2.85. The van der Waals surface area contributed by atoms with Gasteiger partial charge in [0, 0.05) is 18.1 Å². The van der Waals surface area contributed by atoms with Gasteiger partial charge in [-0.15, -0.1) is 10.2 Å². The van der Waals surface area contributed by atoms with Gasteiger partial charge in [0.15, 0.2) is 5.82 Å². The quantitative estimate of drug-likeness (QED) is 0.585. The fourth-order valence-corrected chi connectivity index (χ4v) is 2.60. The molecule has 6 nitrogen and oxygen atoms in total. The molecular formula is C13H13N5OS. The van der Waals surface area contributed by atoms with Crippen molar-refractivity contribution in [2.75, 3.05) is 5.84 Å². The van der Waals surface area contributed by atoms with Crippen LogP contribution in [0.2, 0.25) is 0 Å². The second kappa shape index (κ2) is 5.38. The van der Waals surface area contributed by atoms with Gasteiger partial charge >= 0.3 is 0 Å². The van der Waals surface area contributed by atoms with Crippen molar-refractivity contribution in [2.45, 2.75) is 17.8 Å². The second-order valence-corrected chi connectivity index (χ2v) is 5.16. The molecule has 3 heterocycles. The number of hydrogen-bond donors (Lipinski definition) is 1. The van der Waals surface area contributed by atoms with E-state index in [0.717, 1.165) is 22.6 Å². The summed E-state index contributed by atoms with van der Waals surface area (Å²) in [7, 11) is 0. The fraction of sp³-hybridized carbons (Fsp3) is 0.154. The van der Waals surface area contributed by atoms with E-state index in [1.807, 2.05) is 31.3 Å². The molecule has 3 rings (SSSR count). The van der Waals surface area contributed by atoms with Crippen LogP contribution in [-0.4, -0.2) is 19.9 Å². The first-order valence-corrected chi connectivity index (χ1v) is 7.01. The van der Waals surface area contributed by atoms with Crippen LogP contribution in [0.25, 0.3) is 11.4 Å². The number of nitrogen functional groups attached to an aromatic ring is 1. The van der Waals surface area contributed by atoms with Crippen molar-refractivity contribution < 1.29 is 4.42 Å². The minimum atomic E-state index is 0.602. The van der Waals surface area contributed by atoms with E-state index in [1.165, 1.54) is 16.4 Å². The van der Waals surface area contributed by atoms with Crippen LogP contribution in [-0.2, 0) is 5.75 Å². The number of pyridine rings is 1. The van der Waals surface area contributed by atoms with Crippen molar-refractivity contribution in [3.05, 3.63) is 48.2 Å². The maximum atomic E-state index is 6.04. The van der Waals surface area contributed by atoms with E-state index in [9.17, 15) is 0 Å². The number of furan rings is 1. The number of nitrogens with two attached hydrogens (primary N) is 1. The molecule has 0 unspecified atom stereocenters. The van der Waals surface area contributed by atoms with E-state index < -0.39 is 0 Å². The minimum absolute atomic E-state index is 0.602. The van der Waals surface area contributed by atoms with Crippen LogP contribution in [0.1, 0.15) is 11.3 Å². The first-order chi connectivity index (χ1) is 9.75. The highest BCUT2D eigenvalue weighted by molar-refractivity contribution is 7.98. The molecule has 0 spiro atoms. The van der Waals surface area contributed by atoms with Gasteiger partial charge in [0.2, 0.25) is 5.16 Å². The van der Waals surface area contributed by atoms with Crippen molar-refractivity contribution in [3.63, 3.8) is 0 Å². The lowest BCUT2D eigenvalue weighted by Crippen LogP contribution is -2.11. The van der Waals surface area contributed by atoms with Crippen LogP contribution in [0.5, 0.6) is 0 Å².